The molecule has 2 fully saturated rings. The zero-order chi connectivity index (χ0) is 15.6. The molecule has 3 heterocycles. The second-order valence-electron chi connectivity index (χ2n) is 6.31. The summed E-state index contributed by atoms with van der Waals surface area (Å²) in [6.45, 7) is 1.54. The number of aromatic amines is 1. The van der Waals surface area contributed by atoms with Gasteiger partial charge in [0, 0.05) is 43.2 Å². The standard InChI is InChI=1S/C16H20N6O/c23-15(19-14-9-13(20-21-14)11-4-5-11)12-3-1-8-22(10-12)16-17-6-2-7-18-16/h2,6-7,9,11-12H,1,3-5,8,10H2,(H2,19,20,21,23)/t12-/m0/s1. The van der Waals surface area contributed by atoms with E-state index < -0.39 is 0 Å². The van der Waals surface area contributed by atoms with Gasteiger partial charge >= 0.3 is 0 Å². The Kier molecular flexibility index (Phi) is 3.69. The van der Waals surface area contributed by atoms with E-state index in [1.54, 1.807) is 18.5 Å². The number of hydrogen-bond donors (Lipinski definition) is 2. The fourth-order valence-electron chi connectivity index (χ4n) is 3.06. The summed E-state index contributed by atoms with van der Waals surface area (Å²) >= 11 is 0. The van der Waals surface area contributed by atoms with Crippen molar-refractivity contribution in [3.63, 3.8) is 0 Å². The fraction of sp³-hybridized carbons (Fsp3) is 0.500. The molecule has 7 heteroatoms. The summed E-state index contributed by atoms with van der Waals surface area (Å²) in [4.78, 5) is 23.1. The molecule has 7 nitrogen and oxygen atoms in total. The van der Waals surface area contributed by atoms with Gasteiger partial charge < -0.3 is 10.2 Å². The number of nitrogens with zero attached hydrogens (tertiary/aromatic N) is 4. The SMILES string of the molecule is O=C(Nc1cc(C2CC2)[nH]n1)[C@H]1CCCN(c2ncccn2)C1. The topological polar surface area (TPSA) is 86.8 Å². The Balaban J connectivity index is 1.39. The summed E-state index contributed by atoms with van der Waals surface area (Å²) in [6.07, 6.45) is 7.73. The molecule has 1 amide bonds. The van der Waals surface area contributed by atoms with Gasteiger partial charge in [-0.15, -0.1) is 0 Å². The first-order chi connectivity index (χ1) is 11.3. The first kappa shape index (κ1) is 14.2. The molecule has 4 rings (SSSR count). The van der Waals surface area contributed by atoms with Crippen LogP contribution in [0.3, 0.4) is 0 Å². The van der Waals surface area contributed by atoms with Gasteiger partial charge in [-0.25, -0.2) is 9.97 Å². The minimum absolute atomic E-state index is 0.0273. The highest BCUT2D eigenvalue weighted by Gasteiger charge is 2.29. The molecular formula is C16H20N6O. The van der Waals surface area contributed by atoms with Crippen LogP contribution < -0.4 is 10.2 Å². The number of aromatic nitrogens is 4. The summed E-state index contributed by atoms with van der Waals surface area (Å²) in [5.41, 5.74) is 1.13. The largest absolute Gasteiger partial charge is 0.340 e. The molecular weight excluding hydrogens is 292 g/mol. The summed E-state index contributed by atoms with van der Waals surface area (Å²) in [5, 5.41) is 10.1. The molecule has 2 aliphatic rings. The van der Waals surface area contributed by atoms with Crippen LogP contribution in [0.1, 0.15) is 37.3 Å². The van der Waals surface area contributed by atoms with Crippen molar-refractivity contribution in [1.82, 2.24) is 20.2 Å². The van der Waals surface area contributed by atoms with Gasteiger partial charge in [0.25, 0.3) is 0 Å². The van der Waals surface area contributed by atoms with E-state index in [2.05, 4.69) is 30.4 Å². The van der Waals surface area contributed by atoms with Crippen molar-refractivity contribution in [2.24, 2.45) is 5.92 Å². The van der Waals surface area contributed by atoms with Crippen LogP contribution in [0.2, 0.25) is 0 Å². The van der Waals surface area contributed by atoms with Crippen LogP contribution in [0.5, 0.6) is 0 Å². The number of anilines is 2. The van der Waals surface area contributed by atoms with Gasteiger partial charge in [0.1, 0.15) is 0 Å². The van der Waals surface area contributed by atoms with Crippen molar-refractivity contribution in [1.29, 1.82) is 0 Å². The van der Waals surface area contributed by atoms with Crippen molar-refractivity contribution in [2.75, 3.05) is 23.3 Å². The van der Waals surface area contributed by atoms with Crippen molar-refractivity contribution in [3.8, 4) is 0 Å². The Hall–Kier alpha value is -2.44. The Bertz CT molecular complexity index is 681. The first-order valence-electron chi connectivity index (χ1n) is 8.18. The van der Waals surface area contributed by atoms with Crippen molar-refractivity contribution >= 4 is 17.7 Å². The normalized spacial score (nSPS) is 21.2. The lowest BCUT2D eigenvalue weighted by Crippen LogP contribution is -2.41. The summed E-state index contributed by atoms with van der Waals surface area (Å²) in [6, 6.07) is 3.75. The van der Waals surface area contributed by atoms with Crippen LogP contribution in [-0.2, 0) is 4.79 Å². The molecule has 0 bridgehead atoms. The van der Waals surface area contributed by atoms with Gasteiger partial charge in [0.05, 0.1) is 5.92 Å². The predicted molar refractivity (Wildman–Crippen MR) is 86.2 cm³/mol. The second-order valence-corrected chi connectivity index (χ2v) is 6.31. The second kappa shape index (κ2) is 5.98. The summed E-state index contributed by atoms with van der Waals surface area (Å²) in [7, 11) is 0. The lowest BCUT2D eigenvalue weighted by Gasteiger charge is -2.31. The van der Waals surface area contributed by atoms with E-state index in [4.69, 9.17) is 0 Å². The third-order valence-electron chi connectivity index (χ3n) is 4.49. The minimum atomic E-state index is -0.0615. The predicted octanol–water partition coefficient (Wildman–Crippen LogP) is 1.93. The fourth-order valence-corrected chi connectivity index (χ4v) is 3.06. The number of amides is 1. The highest BCUT2D eigenvalue weighted by Crippen LogP contribution is 2.39. The molecule has 1 saturated carbocycles. The molecule has 1 saturated heterocycles. The van der Waals surface area contributed by atoms with Crippen LogP contribution in [0.4, 0.5) is 11.8 Å². The highest BCUT2D eigenvalue weighted by atomic mass is 16.2. The lowest BCUT2D eigenvalue weighted by atomic mass is 9.97. The molecule has 0 unspecified atom stereocenters. The summed E-state index contributed by atoms with van der Waals surface area (Å²) < 4.78 is 0. The maximum atomic E-state index is 12.5. The number of rotatable bonds is 4. The first-order valence-corrected chi connectivity index (χ1v) is 8.18. The van der Waals surface area contributed by atoms with Crippen LogP contribution in [0, 0.1) is 5.92 Å². The Morgan fingerprint density at radius 2 is 2.09 bits per heavy atom. The van der Waals surface area contributed by atoms with E-state index in [1.807, 2.05) is 6.07 Å². The van der Waals surface area contributed by atoms with E-state index in [1.165, 1.54) is 12.8 Å². The van der Waals surface area contributed by atoms with Gasteiger partial charge in [0.15, 0.2) is 5.82 Å². The zero-order valence-corrected chi connectivity index (χ0v) is 12.9. The van der Waals surface area contributed by atoms with Crippen molar-refractivity contribution in [3.05, 3.63) is 30.2 Å². The third kappa shape index (κ3) is 3.18. The van der Waals surface area contributed by atoms with Gasteiger partial charge in [-0.1, -0.05) is 0 Å². The van der Waals surface area contributed by atoms with Gasteiger partial charge in [-0.3, -0.25) is 9.89 Å². The van der Waals surface area contributed by atoms with Crippen LogP contribution in [-0.4, -0.2) is 39.2 Å². The number of hydrogen-bond acceptors (Lipinski definition) is 5. The van der Waals surface area contributed by atoms with Gasteiger partial charge in [-0.05, 0) is 31.7 Å². The van der Waals surface area contributed by atoms with E-state index in [0.29, 0.717) is 24.2 Å². The number of H-pyrrole nitrogens is 1. The monoisotopic (exact) mass is 312 g/mol. The molecule has 1 aliphatic heterocycles. The molecule has 0 aromatic carbocycles. The Morgan fingerprint density at radius 1 is 1.26 bits per heavy atom. The number of piperidine rings is 1. The van der Waals surface area contributed by atoms with Gasteiger partial charge in [-0.2, -0.15) is 5.10 Å². The molecule has 1 aliphatic carbocycles. The molecule has 1 atom stereocenters. The maximum Gasteiger partial charge on any atom is 0.230 e. The molecule has 2 aromatic rings. The number of nitrogens with one attached hydrogen (secondary N) is 2. The highest BCUT2D eigenvalue weighted by molar-refractivity contribution is 5.92. The Morgan fingerprint density at radius 3 is 2.87 bits per heavy atom. The number of carbonyl (C=O) groups excluding carboxylic acids is 1. The smallest absolute Gasteiger partial charge is 0.230 e. The quantitative estimate of drug-likeness (QED) is 0.901. The maximum absolute atomic E-state index is 12.5. The lowest BCUT2D eigenvalue weighted by molar-refractivity contribution is -0.120. The number of carbonyl (C=O) groups is 1. The molecule has 2 aromatic heterocycles. The average Bonchev–Trinajstić information content (AvgIpc) is 3.36. The van der Waals surface area contributed by atoms with Crippen LogP contribution in [0.25, 0.3) is 0 Å². The summed E-state index contributed by atoms with van der Waals surface area (Å²) in [5.74, 6) is 1.90. The Labute approximate surface area is 134 Å². The average molecular weight is 312 g/mol. The van der Waals surface area contributed by atoms with E-state index in [-0.39, 0.29) is 11.8 Å². The van der Waals surface area contributed by atoms with Crippen molar-refractivity contribution < 1.29 is 4.79 Å². The van der Waals surface area contributed by atoms with E-state index in [9.17, 15) is 4.79 Å². The van der Waals surface area contributed by atoms with Crippen LogP contribution in [0.15, 0.2) is 24.5 Å². The minimum Gasteiger partial charge on any atom is -0.340 e. The van der Waals surface area contributed by atoms with Crippen LogP contribution >= 0.6 is 0 Å². The van der Waals surface area contributed by atoms with Crippen molar-refractivity contribution in [2.45, 2.75) is 31.6 Å². The van der Waals surface area contributed by atoms with Gasteiger partial charge in [0.2, 0.25) is 11.9 Å². The molecule has 2 N–H and O–H groups in total. The molecule has 0 spiro atoms. The van der Waals surface area contributed by atoms with E-state index >= 15 is 0 Å². The zero-order valence-electron chi connectivity index (χ0n) is 12.9. The molecule has 0 radical (unpaired) electrons. The molecule has 23 heavy (non-hydrogen) atoms. The molecule has 120 valence electrons. The van der Waals surface area contributed by atoms with E-state index in [0.717, 1.165) is 25.1 Å². The third-order valence-corrected chi connectivity index (χ3v) is 4.49.